The van der Waals surface area contributed by atoms with Gasteiger partial charge >= 0.3 is 0 Å². The molecule has 0 unspecified atom stereocenters. The van der Waals surface area contributed by atoms with Crippen molar-refractivity contribution in [3.05, 3.63) is 299 Å². The van der Waals surface area contributed by atoms with Crippen molar-refractivity contribution in [1.29, 1.82) is 0 Å². The fourth-order valence-corrected chi connectivity index (χ4v) is 18.4. The number of aryl methyl sites for hydroxylation is 4. The van der Waals surface area contributed by atoms with Crippen molar-refractivity contribution < 1.29 is 27.9 Å². The third-order valence-corrected chi connectivity index (χ3v) is 23.9. The van der Waals surface area contributed by atoms with Crippen LogP contribution in [0.15, 0.2) is 249 Å². The zero-order valence-electron chi connectivity index (χ0n) is 75.1. The van der Waals surface area contributed by atoms with Crippen molar-refractivity contribution in [3.8, 4) is 74.5 Å². The molecule has 614 valence electrons. The van der Waals surface area contributed by atoms with Crippen molar-refractivity contribution in [3.63, 3.8) is 0 Å². The Morgan fingerprint density at radius 1 is 0.283 bits per heavy atom. The molecule has 0 aliphatic heterocycles. The van der Waals surface area contributed by atoms with E-state index in [4.69, 9.17) is 14.2 Å². The third kappa shape index (κ3) is 15.1. The molecule has 0 saturated heterocycles. The minimum absolute atomic E-state index is 0.0999. The zero-order chi connectivity index (χ0) is 85.1. The van der Waals surface area contributed by atoms with Crippen LogP contribution in [0.3, 0.4) is 0 Å². The molecular formula is C108H122N9O3+3. The van der Waals surface area contributed by atoms with Crippen molar-refractivity contribution in [1.82, 2.24) is 27.4 Å². The lowest BCUT2D eigenvalue weighted by Crippen LogP contribution is -2.35. The molecule has 0 atom stereocenters. The number of imidazole rings is 3. The number of hydrogen-bond acceptors (Lipinski definition) is 3. The standard InChI is InChI=1S/2C38H42N3O.C32H38N3O/c1-24(2)29-18-14-19-30(25(3)4)36(29)38-39(8)35(23-40(38)28-15-10-9-11-16-28)41-33-20-13-12-17-31(33)32-21-22-34(42-26(5)6)27(7)37(32)41;1-24(2)29-18-14-19-30(25(3)4)37(29)40-23-35(39(8)38(40)28-15-10-9-11-16-28)41-33-20-13-12-17-31(33)32-21-22-34(42-26(5)6)27(7)36(32)41;1-20(2)24-13-11-14-25(21(3)4)32(24)34-18-30(33(8)19-34)35-28-15-10-9-12-26(28)27-16-17-29(36-22(5)6)23(7)31(27)35/h2*9-26H,1-8H3;9-22H,1-8H3/q3*+1. The smallest absolute Gasteiger partial charge is 0.266 e. The molecular weight excluding hydrogens is 1470 g/mol. The number of fused-ring (bicyclic) bond motifs is 9. The monoisotopic (exact) mass is 1590 g/mol. The van der Waals surface area contributed by atoms with Crippen molar-refractivity contribution in [2.24, 2.45) is 21.1 Å². The highest BCUT2D eigenvalue weighted by molar-refractivity contribution is 6.13. The summed E-state index contributed by atoms with van der Waals surface area (Å²) in [5.74, 6) is 10.9. The molecule has 0 aliphatic rings. The summed E-state index contributed by atoms with van der Waals surface area (Å²) < 4.78 is 40.2. The van der Waals surface area contributed by atoms with Crippen LogP contribution in [0.1, 0.15) is 210 Å². The average Bonchev–Trinajstić information content (AvgIpc) is 1.59. The molecule has 6 aromatic heterocycles. The lowest BCUT2D eigenvalue weighted by Gasteiger charge is -2.19. The van der Waals surface area contributed by atoms with Gasteiger partial charge in [0.15, 0.2) is 6.33 Å². The van der Waals surface area contributed by atoms with E-state index in [1.165, 1.54) is 127 Å². The second-order valence-corrected chi connectivity index (χ2v) is 35.4. The predicted octanol–water partition coefficient (Wildman–Crippen LogP) is 26.6. The number of aromatic nitrogens is 9. The van der Waals surface area contributed by atoms with Crippen molar-refractivity contribution in [2.45, 2.75) is 199 Å². The molecule has 0 bridgehead atoms. The Kier molecular flexibility index (Phi) is 23.4. The van der Waals surface area contributed by atoms with E-state index in [9.17, 15) is 0 Å². The highest BCUT2D eigenvalue weighted by atomic mass is 16.5. The van der Waals surface area contributed by atoms with Gasteiger partial charge in [-0.1, -0.05) is 229 Å². The predicted molar refractivity (Wildman–Crippen MR) is 501 cm³/mol. The summed E-state index contributed by atoms with van der Waals surface area (Å²) in [7, 11) is 6.56. The summed E-state index contributed by atoms with van der Waals surface area (Å²) in [6.07, 6.45) is 9.48. The fourth-order valence-electron chi connectivity index (χ4n) is 18.4. The maximum absolute atomic E-state index is 6.30. The molecule has 0 saturated carbocycles. The van der Waals surface area contributed by atoms with E-state index in [1.807, 2.05) is 0 Å². The first-order valence-electron chi connectivity index (χ1n) is 43.5. The Hall–Kier alpha value is -12.2. The summed E-state index contributed by atoms with van der Waals surface area (Å²) in [4.78, 5) is 0. The first kappa shape index (κ1) is 82.9. The number of hydrogen-bond donors (Lipinski definition) is 0. The quantitative estimate of drug-likeness (QED) is 0.0714. The van der Waals surface area contributed by atoms with Gasteiger partial charge in [-0.15, -0.1) is 0 Å². The molecule has 17 rings (SSSR count). The van der Waals surface area contributed by atoms with Crippen LogP contribution in [0.2, 0.25) is 0 Å². The van der Waals surface area contributed by atoms with Gasteiger partial charge in [0.25, 0.3) is 17.5 Å². The molecule has 120 heavy (non-hydrogen) atoms. The van der Waals surface area contributed by atoms with Crippen LogP contribution >= 0.6 is 0 Å². The molecule has 12 heteroatoms. The number of rotatable bonds is 20. The number of para-hydroxylation sites is 6. The lowest BCUT2D eigenvalue weighted by molar-refractivity contribution is -0.664. The SMILES string of the molecule is Cc1c(OC(C)C)ccc2c3ccccc3n(-c3cn(-c4c(C(C)C)cccc4C(C)C)c(-c4ccccc4)[n+]3C)c12.Cc1c(OC(C)C)ccc2c3ccccc3n(-c3cn(-c4c(C(C)C)cccc4C(C)C)c[n+]3C)c12.Cc1c(OC(C)C)ccc2c3ccccc3n(-c3cn(-c4ccccc4)c(-c4c(C(C)C)cccc4C(C)C)[n+]3C)c12. The maximum atomic E-state index is 6.30. The molecule has 0 N–H and O–H groups in total. The van der Waals surface area contributed by atoms with E-state index in [2.05, 4.69) is 457 Å². The average molecular weight is 1590 g/mol. The second-order valence-electron chi connectivity index (χ2n) is 35.4. The van der Waals surface area contributed by atoms with Crippen molar-refractivity contribution >= 4 is 65.4 Å². The normalized spacial score (nSPS) is 12.0. The molecule has 17 aromatic rings. The fraction of sp³-hybridized carbons (Fsp3) is 0.306. The van der Waals surface area contributed by atoms with E-state index in [0.717, 1.165) is 62.9 Å². The summed E-state index contributed by atoms with van der Waals surface area (Å²) in [5, 5.41) is 7.46. The summed E-state index contributed by atoms with van der Waals surface area (Å²) in [6, 6.07) is 81.1. The number of benzene rings is 11. The van der Waals surface area contributed by atoms with Crippen LogP contribution in [0, 0.1) is 20.8 Å². The topological polar surface area (TPSA) is 68.9 Å². The summed E-state index contributed by atoms with van der Waals surface area (Å²) in [5.41, 5.74) is 25.0. The lowest BCUT2D eigenvalue weighted by atomic mass is 9.88. The minimum Gasteiger partial charge on any atom is -0.491 e. The van der Waals surface area contributed by atoms with Crippen LogP contribution in [0.25, 0.3) is 123 Å². The Bertz CT molecular complexity index is 6430. The highest BCUT2D eigenvalue weighted by Gasteiger charge is 2.35. The van der Waals surface area contributed by atoms with Gasteiger partial charge in [-0.25, -0.2) is 41.1 Å². The highest BCUT2D eigenvalue weighted by Crippen LogP contribution is 2.45. The molecule has 0 spiro atoms. The first-order chi connectivity index (χ1) is 57.6. The third-order valence-electron chi connectivity index (χ3n) is 23.9. The van der Waals surface area contributed by atoms with E-state index in [1.54, 1.807) is 0 Å². The largest absolute Gasteiger partial charge is 0.491 e. The van der Waals surface area contributed by atoms with Crippen molar-refractivity contribution in [2.75, 3.05) is 0 Å². The Morgan fingerprint density at radius 2 is 0.608 bits per heavy atom. The van der Waals surface area contributed by atoms with E-state index in [0.29, 0.717) is 35.5 Å². The van der Waals surface area contributed by atoms with E-state index in [-0.39, 0.29) is 18.3 Å². The minimum atomic E-state index is 0.0999. The van der Waals surface area contributed by atoms with Gasteiger partial charge in [0.1, 0.15) is 86.0 Å². The van der Waals surface area contributed by atoms with E-state index < -0.39 is 0 Å². The zero-order valence-corrected chi connectivity index (χ0v) is 75.1. The molecule has 0 radical (unpaired) electrons. The first-order valence-corrected chi connectivity index (χ1v) is 43.5. The van der Waals surface area contributed by atoms with Gasteiger partial charge < -0.3 is 14.2 Å². The maximum Gasteiger partial charge on any atom is 0.266 e. The van der Waals surface area contributed by atoms with Gasteiger partial charge in [-0.05, 0) is 210 Å². The number of nitrogens with zero attached hydrogens (tertiary/aromatic N) is 9. The van der Waals surface area contributed by atoms with Gasteiger partial charge in [0, 0.05) is 54.6 Å². The Balaban J connectivity index is 0.000000141. The molecule has 0 fully saturated rings. The molecule has 12 nitrogen and oxygen atoms in total. The van der Waals surface area contributed by atoms with Crippen LogP contribution in [0.4, 0.5) is 0 Å². The molecule has 0 amide bonds. The van der Waals surface area contributed by atoms with Gasteiger partial charge in [-0.3, -0.25) is 0 Å². The second kappa shape index (κ2) is 33.9. The molecule has 0 aliphatic carbocycles. The van der Waals surface area contributed by atoms with E-state index >= 15 is 0 Å². The number of ether oxygens (including phenoxy) is 3. The molecule has 11 aromatic carbocycles. The Labute approximate surface area is 710 Å². The van der Waals surface area contributed by atoms with Gasteiger partial charge in [0.2, 0.25) is 11.6 Å². The van der Waals surface area contributed by atoms with Crippen LogP contribution < -0.4 is 27.9 Å². The Morgan fingerprint density at radius 3 is 0.983 bits per heavy atom. The molecule has 6 heterocycles. The van der Waals surface area contributed by atoms with Crippen LogP contribution in [-0.2, 0) is 21.1 Å². The van der Waals surface area contributed by atoms with Crippen LogP contribution in [0.5, 0.6) is 17.2 Å². The summed E-state index contributed by atoms with van der Waals surface area (Å²) >= 11 is 0. The van der Waals surface area contributed by atoms with Crippen LogP contribution in [-0.4, -0.2) is 45.7 Å². The summed E-state index contributed by atoms with van der Waals surface area (Å²) in [6.45, 7) is 46.5. The van der Waals surface area contributed by atoms with Gasteiger partial charge in [-0.2, -0.15) is 0 Å². The van der Waals surface area contributed by atoms with Gasteiger partial charge in [0.05, 0.1) is 45.0 Å².